The minimum atomic E-state index is -2.93. The van der Waals surface area contributed by atoms with E-state index in [0.29, 0.717) is 22.4 Å². The van der Waals surface area contributed by atoms with E-state index < -0.39 is 9.84 Å². The van der Waals surface area contributed by atoms with Crippen LogP contribution in [0, 0.1) is 10.7 Å². The first-order chi connectivity index (χ1) is 8.96. The number of rotatable bonds is 2. The Morgan fingerprint density at radius 2 is 2.32 bits per heavy atom. The number of thiophene rings is 1. The molecule has 3 heterocycles. The largest absolute Gasteiger partial charge is 0.331 e. The zero-order chi connectivity index (χ0) is 13.6. The summed E-state index contributed by atoms with van der Waals surface area (Å²) >= 11 is 6.55. The molecule has 3 rings (SSSR count). The number of fused-ring (bicyclic) bond motifs is 1. The number of H-pyrrole nitrogens is 1. The van der Waals surface area contributed by atoms with Crippen molar-refractivity contribution >= 4 is 43.6 Å². The second-order valence-corrected chi connectivity index (χ2v) is 8.31. The van der Waals surface area contributed by atoms with Crippen molar-refractivity contribution < 1.29 is 8.42 Å². The molecule has 2 aromatic heterocycles. The Balaban J connectivity index is 2.02. The Labute approximate surface area is 118 Å². The maximum absolute atomic E-state index is 12.3. The second-order valence-electron chi connectivity index (χ2n) is 4.78. The molecule has 0 amide bonds. The van der Waals surface area contributed by atoms with Crippen LogP contribution < -0.4 is 5.56 Å². The molecular formula is C11H12N2O3S3. The van der Waals surface area contributed by atoms with Gasteiger partial charge in [-0.05, 0) is 36.0 Å². The van der Waals surface area contributed by atoms with E-state index in [1.807, 2.05) is 11.4 Å². The lowest BCUT2D eigenvalue weighted by Crippen LogP contribution is -2.25. The fourth-order valence-corrected chi connectivity index (χ4v) is 5.32. The molecule has 1 fully saturated rings. The summed E-state index contributed by atoms with van der Waals surface area (Å²) in [7, 11) is -2.93. The number of sulfone groups is 1. The van der Waals surface area contributed by atoms with Crippen molar-refractivity contribution in [2.45, 2.75) is 13.0 Å². The van der Waals surface area contributed by atoms with Crippen molar-refractivity contribution in [3.63, 3.8) is 0 Å². The lowest BCUT2D eigenvalue weighted by atomic mass is 10.1. The molecule has 102 valence electrons. The van der Waals surface area contributed by atoms with Gasteiger partial charge in [-0.25, -0.2) is 8.42 Å². The average molecular weight is 316 g/mol. The molecular weight excluding hydrogens is 304 g/mol. The number of nitrogens with one attached hydrogen (secondary N) is 1. The molecule has 0 spiro atoms. The van der Waals surface area contributed by atoms with E-state index in [1.54, 1.807) is 0 Å². The molecule has 8 heteroatoms. The first-order valence-electron chi connectivity index (χ1n) is 5.87. The van der Waals surface area contributed by atoms with Gasteiger partial charge in [0.2, 0.25) is 0 Å². The Bertz CT molecular complexity index is 844. The van der Waals surface area contributed by atoms with Gasteiger partial charge in [0.15, 0.2) is 14.6 Å². The van der Waals surface area contributed by atoms with Gasteiger partial charge in [0, 0.05) is 6.54 Å². The summed E-state index contributed by atoms with van der Waals surface area (Å²) in [6.07, 6.45) is 0.603. The van der Waals surface area contributed by atoms with Crippen LogP contribution in [-0.4, -0.2) is 29.5 Å². The van der Waals surface area contributed by atoms with Crippen molar-refractivity contribution in [2.75, 3.05) is 11.5 Å². The lowest BCUT2D eigenvalue weighted by molar-refractivity contribution is 0.475. The van der Waals surface area contributed by atoms with Crippen LogP contribution in [0.3, 0.4) is 0 Å². The summed E-state index contributed by atoms with van der Waals surface area (Å²) in [6, 6.07) is 1.82. The SMILES string of the molecule is O=c1c2sccc2[nH]c(=S)n1CC1CCS(=O)(=O)C1. The summed E-state index contributed by atoms with van der Waals surface area (Å²) in [5.74, 6) is 0.344. The van der Waals surface area contributed by atoms with Gasteiger partial charge >= 0.3 is 0 Å². The molecule has 1 unspecified atom stereocenters. The van der Waals surface area contributed by atoms with Crippen LogP contribution >= 0.6 is 23.6 Å². The summed E-state index contributed by atoms with van der Waals surface area (Å²) < 4.78 is 25.4. The van der Waals surface area contributed by atoms with E-state index in [1.165, 1.54) is 15.9 Å². The Morgan fingerprint density at radius 3 is 3.00 bits per heavy atom. The quantitative estimate of drug-likeness (QED) is 0.853. The van der Waals surface area contributed by atoms with Gasteiger partial charge in [-0.2, -0.15) is 0 Å². The summed E-state index contributed by atoms with van der Waals surface area (Å²) in [4.78, 5) is 15.3. The molecule has 0 aliphatic carbocycles. The summed E-state index contributed by atoms with van der Waals surface area (Å²) in [5, 5.41) is 1.84. The van der Waals surface area contributed by atoms with E-state index in [4.69, 9.17) is 12.2 Å². The maximum atomic E-state index is 12.3. The molecule has 1 N–H and O–H groups in total. The number of hydrogen-bond acceptors (Lipinski definition) is 5. The van der Waals surface area contributed by atoms with E-state index in [9.17, 15) is 13.2 Å². The first kappa shape index (κ1) is 13.0. The van der Waals surface area contributed by atoms with E-state index >= 15 is 0 Å². The molecule has 0 saturated carbocycles. The highest BCUT2D eigenvalue weighted by atomic mass is 32.2. The number of hydrogen-bond donors (Lipinski definition) is 1. The van der Waals surface area contributed by atoms with Crippen molar-refractivity contribution in [1.29, 1.82) is 0 Å². The smallest absolute Gasteiger partial charge is 0.272 e. The van der Waals surface area contributed by atoms with Gasteiger partial charge in [-0.1, -0.05) is 0 Å². The van der Waals surface area contributed by atoms with Crippen LogP contribution in [0.25, 0.3) is 10.2 Å². The van der Waals surface area contributed by atoms with Gasteiger partial charge in [0.1, 0.15) is 4.70 Å². The number of nitrogens with zero attached hydrogens (tertiary/aromatic N) is 1. The molecule has 0 radical (unpaired) electrons. The average Bonchev–Trinajstić information content (AvgIpc) is 2.91. The monoisotopic (exact) mass is 316 g/mol. The first-order valence-corrected chi connectivity index (χ1v) is 8.98. The molecule has 5 nitrogen and oxygen atoms in total. The highest BCUT2D eigenvalue weighted by Gasteiger charge is 2.28. The van der Waals surface area contributed by atoms with Gasteiger partial charge in [-0.3, -0.25) is 9.36 Å². The predicted molar refractivity (Wildman–Crippen MR) is 78.0 cm³/mol. The van der Waals surface area contributed by atoms with E-state index in [0.717, 1.165) is 5.52 Å². The second kappa shape index (κ2) is 4.53. The minimum absolute atomic E-state index is 0.0183. The highest BCUT2D eigenvalue weighted by molar-refractivity contribution is 7.91. The van der Waals surface area contributed by atoms with Crippen LogP contribution in [0.5, 0.6) is 0 Å². The minimum Gasteiger partial charge on any atom is -0.331 e. The third-order valence-electron chi connectivity index (χ3n) is 3.36. The fourth-order valence-electron chi connectivity index (χ4n) is 2.41. The highest BCUT2D eigenvalue weighted by Crippen LogP contribution is 2.20. The predicted octanol–water partition coefficient (Wildman–Crippen LogP) is 1.56. The normalized spacial score (nSPS) is 22.0. The van der Waals surface area contributed by atoms with Crippen LogP contribution in [0.1, 0.15) is 6.42 Å². The Morgan fingerprint density at radius 1 is 1.53 bits per heavy atom. The molecule has 1 saturated heterocycles. The van der Waals surface area contributed by atoms with E-state index in [-0.39, 0.29) is 23.0 Å². The fraction of sp³-hybridized carbons (Fsp3) is 0.455. The number of aromatic nitrogens is 2. The molecule has 0 bridgehead atoms. The van der Waals surface area contributed by atoms with Crippen molar-refractivity contribution in [3.8, 4) is 0 Å². The Kier molecular flexibility index (Phi) is 3.11. The lowest BCUT2D eigenvalue weighted by Gasteiger charge is -2.10. The van der Waals surface area contributed by atoms with Crippen LogP contribution in [0.2, 0.25) is 0 Å². The van der Waals surface area contributed by atoms with Crippen LogP contribution in [-0.2, 0) is 16.4 Å². The zero-order valence-corrected chi connectivity index (χ0v) is 12.4. The molecule has 1 aliphatic rings. The molecule has 2 aromatic rings. The van der Waals surface area contributed by atoms with Gasteiger partial charge in [-0.15, -0.1) is 11.3 Å². The van der Waals surface area contributed by atoms with Gasteiger partial charge in [0.05, 0.1) is 17.0 Å². The zero-order valence-electron chi connectivity index (χ0n) is 9.96. The van der Waals surface area contributed by atoms with E-state index in [2.05, 4.69) is 4.98 Å². The summed E-state index contributed by atoms with van der Waals surface area (Å²) in [5.41, 5.74) is 0.619. The van der Waals surface area contributed by atoms with Crippen molar-refractivity contribution in [2.24, 2.45) is 5.92 Å². The van der Waals surface area contributed by atoms with Crippen molar-refractivity contribution in [3.05, 3.63) is 26.6 Å². The van der Waals surface area contributed by atoms with Crippen LogP contribution in [0.4, 0.5) is 0 Å². The molecule has 1 atom stereocenters. The third-order valence-corrected chi connectivity index (χ3v) is 6.42. The standard InChI is InChI=1S/C11H12N2O3S3/c14-10-9-8(1-3-18-9)12-11(17)13(10)5-7-2-4-19(15,16)6-7/h1,3,7H,2,4-6H2,(H,12,17). The number of aromatic amines is 1. The Hall–Kier alpha value is -0.990. The maximum Gasteiger partial charge on any atom is 0.272 e. The van der Waals surface area contributed by atoms with Gasteiger partial charge in [0.25, 0.3) is 5.56 Å². The van der Waals surface area contributed by atoms with Crippen molar-refractivity contribution in [1.82, 2.24) is 9.55 Å². The molecule has 1 aliphatic heterocycles. The topological polar surface area (TPSA) is 71.9 Å². The van der Waals surface area contributed by atoms with Gasteiger partial charge < -0.3 is 4.98 Å². The van der Waals surface area contributed by atoms with Crippen LogP contribution in [0.15, 0.2) is 16.2 Å². The summed E-state index contributed by atoms with van der Waals surface area (Å²) in [6.45, 7) is 0.376. The molecule has 0 aromatic carbocycles. The third kappa shape index (κ3) is 2.39. The molecule has 19 heavy (non-hydrogen) atoms.